The summed E-state index contributed by atoms with van der Waals surface area (Å²) in [6, 6.07) is 0. The molecule has 76 valence electrons. The Hall–Kier alpha value is -0.675. The molecule has 1 saturated heterocycles. The summed E-state index contributed by atoms with van der Waals surface area (Å²) in [4.78, 5) is 0. The highest BCUT2D eigenvalue weighted by Crippen LogP contribution is 2.38. The maximum Gasteiger partial charge on any atom is 0.494 e. The van der Waals surface area contributed by atoms with Gasteiger partial charge in [-0.25, -0.2) is 0 Å². The molecule has 0 bridgehead atoms. The largest absolute Gasteiger partial charge is 0.494 e. The molecule has 2 aliphatic heterocycles. The van der Waals surface area contributed by atoms with Crippen molar-refractivity contribution in [1.82, 2.24) is 0 Å². The van der Waals surface area contributed by atoms with Gasteiger partial charge in [-0.1, -0.05) is 0 Å². The molecule has 14 heavy (non-hydrogen) atoms. The summed E-state index contributed by atoms with van der Waals surface area (Å²) >= 11 is 0. The van der Waals surface area contributed by atoms with Crippen molar-refractivity contribution in [3.63, 3.8) is 0 Å². The van der Waals surface area contributed by atoms with Gasteiger partial charge in [-0.05, 0) is 27.7 Å². The summed E-state index contributed by atoms with van der Waals surface area (Å²) in [5.74, 6) is 0. The van der Waals surface area contributed by atoms with Gasteiger partial charge in [0, 0.05) is 11.7 Å². The maximum atomic E-state index is 5.84. The van der Waals surface area contributed by atoms with Gasteiger partial charge in [0.1, 0.15) is 0 Å². The van der Waals surface area contributed by atoms with Crippen molar-refractivity contribution < 1.29 is 9.31 Å². The number of hydrogen-bond donors (Lipinski definition) is 0. The Morgan fingerprint density at radius 3 is 2.21 bits per heavy atom. The molecule has 0 radical (unpaired) electrons. The minimum absolute atomic E-state index is 0.277. The van der Waals surface area contributed by atoms with Crippen molar-refractivity contribution in [2.24, 2.45) is 10.2 Å². The summed E-state index contributed by atoms with van der Waals surface area (Å²) in [7, 11) is -0.282. The predicted molar refractivity (Wildman–Crippen MR) is 53.9 cm³/mol. The smallest absolute Gasteiger partial charge is 0.399 e. The minimum Gasteiger partial charge on any atom is -0.399 e. The van der Waals surface area contributed by atoms with Crippen LogP contribution in [0.4, 0.5) is 0 Å². The molecule has 0 amide bonds. The highest BCUT2D eigenvalue weighted by atomic mass is 16.7. The molecule has 5 heteroatoms. The summed E-state index contributed by atoms with van der Waals surface area (Å²) < 4.78 is 11.7. The average Bonchev–Trinajstić information content (AvgIpc) is 2.58. The third-order valence-electron chi connectivity index (χ3n) is 3.11. The van der Waals surface area contributed by atoms with E-state index in [4.69, 9.17) is 9.31 Å². The van der Waals surface area contributed by atoms with E-state index in [0.717, 1.165) is 5.47 Å². The first-order valence-electron chi connectivity index (χ1n) is 4.83. The quantitative estimate of drug-likeness (QED) is 0.599. The fourth-order valence-electron chi connectivity index (χ4n) is 1.41. The molecule has 2 rings (SSSR count). The zero-order valence-electron chi connectivity index (χ0n) is 9.07. The second kappa shape index (κ2) is 2.91. The molecule has 2 heterocycles. The molecule has 0 aromatic heterocycles. The number of nitrogens with zero attached hydrogens (tertiary/aromatic N) is 2. The second-order valence-electron chi connectivity index (χ2n) is 4.71. The van der Waals surface area contributed by atoms with Gasteiger partial charge in [0.2, 0.25) is 0 Å². The topological polar surface area (TPSA) is 43.2 Å². The van der Waals surface area contributed by atoms with Gasteiger partial charge >= 0.3 is 7.12 Å². The van der Waals surface area contributed by atoms with E-state index in [2.05, 4.69) is 10.2 Å². The van der Waals surface area contributed by atoms with E-state index in [1.807, 2.05) is 27.7 Å². The molecule has 4 nitrogen and oxygen atoms in total. The Morgan fingerprint density at radius 1 is 1.21 bits per heavy atom. The molecule has 0 atom stereocenters. The van der Waals surface area contributed by atoms with Crippen LogP contribution in [0.1, 0.15) is 27.7 Å². The van der Waals surface area contributed by atoms with E-state index >= 15 is 0 Å². The van der Waals surface area contributed by atoms with E-state index in [-0.39, 0.29) is 18.3 Å². The first kappa shape index (κ1) is 9.86. The molecule has 2 aliphatic rings. The van der Waals surface area contributed by atoms with Gasteiger partial charge in [0.15, 0.2) is 0 Å². The fourth-order valence-corrected chi connectivity index (χ4v) is 1.41. The van der Waals surface area contributed by atoms with Crippen molar-refractivity contribution >= 4 is 7.12 Å². The van der Waals surface area contributed by atoms with Gasteiger partial charge in [-0.2, -0.15) is 10.2 Å². The van der Waals surface area contributed by atoms with Gasteiger partial charge in [-0.15, -0.1) is 0 Å². The maximum absolute atomic E-state index is 5.84. The van der Waals surface area contributed by atoms with E-state index in [1.165, 1.54) is 0 Å². The van der Waals surface area contributed by atoms with Crippen LogP contribution < -0.4 is 0 Å². The Balaban J connectivity index is 2.14. The summed E-state index contributed by atoms with van der Waals surface area (Å²) in [5, 5.41) is 7.69. The fraction of sp³-hybridized carbons (Fsp3) is 0.778. The summed E-state index contributed by atoms with van der Waals surface area (Å²) in [5.41, 5.74) is 0.450. The van der Waals surface area contributed by atoms with Crippen LogP contribution in [0.15, 0.2) is 21.9 Å². The molecule has 0 aliphatic carbocycles. The predicted octanol–water partition coefficient (Wildman–Crippen LogP) is 1.97. The van der Waals surface area contributed by atoms with E-state index < -0.39 is 0 Å². The summed E-state index contributed by atoms with van der Waals surface area (Å²) in [6.07, 6.45) is 1.72. The lowest BCUT2D eigenvalue weighted by Crippen LogP contribution is -2.41. The van der Waals surface area contributed by atoms with E-state index in [9.17, 15) is 0 Å². The Kier molecular flexibility index (Phi) is 2.05. The molecule has 0 aromatic carbocycles. The number of azo groups is 1. The standard InChI is InChI=1S/C9H15BN2O2/c1-8(2)9(3,4)14-10(13-8)7-5-11-12-6-7/h5H,6H2,1-4H3. The van der Waals surface area contributed by atoms with Crippen LogP contribution >= 0.6 is 0 Å². The third-order valence-corrected chi connectivity index (χ3v) is 3.11. The zero-order chi connectivity index (χ0) is 10.4. The van der Waals surface area contributed by atoms with Crippen LogP contribution in [-0.2, 0) is 9.31 Å². The lowest BCUT2D eigenvalue weighted by molar-refractivity contribution is 0.00578. The van der Waals surface area contributed by atoms with Crippen LogP contribution in [0.25, 0.3) is 0 Å². The van der Waals surface area contributed by atoms with Crippen molar-refractivity contribution in [2.75, 3.05) is 6.54 Å². The van der Waals surface area contributed by atoms with Crippen LogP contribution in [0.2, 0.25) is 0 Å². The van der Waals surface area contributed by atoms with Crippen molar-refractivity contribution in [1.29, 1.82) is 0 Å². The summed E-state index contributed by atoms with van der Waals surface area (Å²) in [6.45, 7) is 8.75. The van der Waals surface area contributed by atoms with Crippen LogP contribution in [-0.4, -0.2) is 24.9 Å². The Morgan fingerprint density at radius 2 is 1.79 bits per heavy atom. The molecule has 0 aromatic rings. The van der Waals surface area contributed by atoms with Gasteiger partial charge in [-0.3, -0.25) is 0 Å². The highest BCUT2D eigenvalue weighted by Gasteiger charge is 2.52. The Bertz CT molecular complexity index is 294. The lowest BCUT2D eigenvalue weighted by Gasteiger charge is -2.32. The van der Waals surface area contributed by atoms with Gasteiger partial charge < -0.3 is 9.31 Å². The number of hydrogen-bond acceptors (Lipinski definition) is 4. The molecule has 0 unspecified atom stereocenters. The van der Waals surface area contributed by atoms with Gasteiger partial charge in [0.25, 0.3) is 0 Å². The van der Waals surface area contributed by atoms with Crippen LogP contribution in [0.3, 0.4) is 0 Å². The molecule has 0 N–H and O–H groups in total. The monoisotopic (exact) mass is 194 g/mol. The zero-order valence-corrected chi connectivity index (χ0v) is 9.07. The van der Waals surface area contributed by atoms with Crippen molar-refractivity contribution in [2.45, 2.75) is 38.9 Å². The van der Waals surface area contributed by atoms with Crippen LogP contribution in [0.5, 0.6) is 0 Å². The second-order valence-corrected chi connectivity index (χ2v) is 4.71. The van der Waals surface area contributed by atoms with Crippen molar-refractivity contribution in [3.05, 3.63) is 11.7 Å². The first-order valence-corrected chi connectivity index (χ1v) is 4.83. The van der Waals surface area contributed by atoms with Crippen LogP contribution in [0, 0.1) is 0 Å². The lowest BCUT2D eigenvalue weighted by atomic mass is 9.79. The molecule has 0 saturated carbocycles. The van der Waals surface area contributed by atoms with E-state index in [0.29, 0.717) is 6.54 Å². The third kappa shape index (κ3) is 1.40. The molecule has 0 spiro atoms. The Labute approximate surface area is 84.5 Å². The number of rotatable bonds is 1. The van der Waals surface area contributed by atoms with Gasteiger partial charge in [0.05, 0.1) is 17.7 Å². The van der Waals surface area contributed by atoms with E-state index in [1.54, 1.807) is 6.20 Å². The highest BCUT2D eigenvalue weighted by molar-refractivity contribution is 6.54. The normalized spacial score (nSPS) is 28.3. The minimum atomic E-state index is -0.282. The average molecular weight is 194 g/mol. The molecular weight excluding hydrogens is 179 g/mol. The molecule has 1 fully saturated rings. The first-order chi connectivity index (χ1) is 6.42. The molecular formula is C9H15BN2O2. The van der Waals surface area contributed by atoms with Crippen molar-refractivity contribution in [3.8, 4) is 0 Å². The SMILES string of the molecule is CC1(C)OB(C2=CN=NC2)OC1(C)C.